The predicted molar refractivity (Wildman–Crippen MR) is 91.6 cm³/mol. The molecule has 0 amide bonds. The third-order valence-electron chi connectivity index (χ3n) is 5.42. The van der Waals surface area contributed by atoms with Crippen LogP contribution in [0.3, 0.4) is 0 Å². The number of nitrogens with zero attached hydrogens (tertiary/aromatic N) is 1. The fourth-order valence-corrected chi connectivity index (χ4v) is 3.53. The van der Waals surface area contributed by atoms with Crippen molar-refractivity contribution in [3.8, 4) is 5.75 Å². The van der Waals surface area contributed by atoms with Crippen molar-refractivity contribution in [2.45, 2.75) is 45.7 Å². The summed E-state index contributed by atoms with van der Waals surface area (Å²) < 4.78 is 5.23. The van der Waals surface area contributed by atoms with Gasteiger partial charge in [0.1, 0.15) is 11.5 Å². The number of hydrogen-bond acceptors (Lipinski definition) is 5. The standard InChI is InChI=1S/C19H26N2O3/c1-19(2)14(9-15-11-16(7-8-22)24-21-15)10-18(19)20-12-13-5-3-4-6-17(13)23/h3-6,11,14,18,20,22-23H,7-10,12H2,1-2H3/t14-,18+/m1/s1. The summed E-state index contributed by atoms with van der Waals surface area (Å²) in [5, 5.41) is 26.5. The van der Waals surface area contributed by atoms with Crippen LogP contribution in [0.1, 0.15) is 37.3 Å². The van der Waals surface area contributed by atoms with Crippen LogP contribution < -0.4 is 5.32 Å². The Kier molecular flexibility index (Phi) is 4.92. The normalized spacial score (nSPS) is 22.3. The van der Waals surface area contributed by atoms with E-state index in [-0.39, 0.29) is 12.0 Å². The van der Waals surface area contributed by atoms with Crippen LogP contribution in [0.4, 0.5) is 0 Å². The molecule has 1 aromatic heterocycles. The van der Waals surface area contributed by atoms with Gasteiger partial charge in [-0.05, 0) is 30.2 Å². The van der Waals surface area contributed by atoms with Gasteiger partial charge in [-0.2, -0.15) is 0 Å². The number of benzene rings is 1. The highest BCUT2D eigenvalue weighted by atomic mass is 16.5. The Labute approximate surface area is 142 Å². The highest BCUT2D eigenvalue weighted by Gasteiger charge is 2.47. The molecule has 5 nitrogen and oxygen atoms in total. The molecule has 0 unspecified atom stereocenters. The number of aliphatic hydroxyl groups is 1. The van der Waals surface area contributed by atoms with Crippen molar-refractivity contribution < 1.29 is 14.7 Å². The zero-order valence-corrected chi connectivity index (χ0v) is 14.3. The Morgan fingerprint density at radius 3 is 2.83 bits per heavy atom. The van der Waals surface area contributed by atoms with Gasteiger partial charge in [0.05, 0.1) is 12.3 Å². The fourth-order valence-electron chi connectivity index (χ4n) is 3.53. The van der Waals surface area contributed by atoms with Crippen LogP contribution in [-0.4, -0.2) is 28.0 Å². The topological polar surface area (TPSA) is 78.5 Å². The summed E-state index contributed by atoms with van der Waals surface area (Å²) in [6.45, 7) is 5.32. The molecule has 24 heavy (non-hydrogen) atoms. The zero-order chi connectivity index (χ0) is 17.2. The Balaban J connectivity index is 1.53. The number of aromatic nitrogens is 1. The maximum Gasteiger partial charge on any atom is 0.139 e. The molecule has 1 aliphatic rings. The van der Waals surface area contributed by atoms with Crippen molar-refractivity contribution >= 4 is 0 Å². The minimum absolute atomic E-state index is 0.0852. The van der Waals surface area contributed by atoms with Crippen molar-refractivity contribution in [3.63, 3.8) is 0 Å². The third kappa shape index (κ3) is 3.47. The maximum absolute atomic E-state index is 9.86. The van der Waals surface area contributed by atoms with Crippen LogP contribution >= 0.6 is 0 Å². The van der Waals surface area contributed by atoms with E-state index in [0.29, 0.717) is 30.7 Å². The van der Waals surface area contributed by atoms with Crippen molar-refractivity contribution in [1.82, 2.24) is 10.5 Å². The molecule has 1 saturated carbocycles. The SMILES string of the molecule is CC1(C)[C@H](Cc2cc(CCO)on2)C[C@@H]1NCc1ccccc1O. The van der Waals surface area contributed by atoms with E-state index in [2.05, 4.69) is 24.3 Å². The van der Waals surface area contributed by atoms with E-state index in [4.69, 9.17) is 9.63 Å². The van der Waals surface area contributed by atoms with Crippen molar-refractivity contribution in [3.05, 3.63) is 47.3 Å². The van der Waals surface area contributed by atoms with E-state index in [1.165, 1.54) is 0 Å². The van der Waals surface area contributed by atoms with Crippen LogP contribution in [0, 0.1) is 11.3 Å². The van der Waals surface area contributed by atoms with E-state index in [1.54, 1.807) is 6.07 Å². The van der Waals surface area contributed by atoms with Crippen molar-refractivity contribution in [2.24, 2.45) is 11.3 Å². The second-order valence-corrected chi connectivity index (χ2v) is 7.28. The van der Waals surface area contributed by atoms with Gasteiger partial charge in [0, 0.05) is 30.6 Å². The summed E-state index contributed by atoms with van der Waals surface area (Å²) in [6, 6.07) is 9.83. The Bertz CT molecular complexity index is 681. The number of aliphatic hydroxyl groups excluding tert-OH is 1. The quantitative estimate of drug-likeness (QED) is 0.727. The predicted octanol–water partition coefficient (Wildman–Crippen LogP) is 2.66. The van der Waals surface area contributed by atoms with Gasteiger partial charge in [0.25, 0.3) is 0 Å². The molecule has 3 N–H and O–H groups in total. The van der Waals surface area contributed by atoms with Crippen LogP contribution in [0.25, 0.3) is 0 Å². The first-order valence-electron chi connectivity index (χ1n) is 8.56. The number of hydrogen-bond donors (Lipinski definition) is 3. The molecule has 0 spiro atoms. The summed E-state index contributed by atoms with van der Waals surface area (Å²) in [7, 11) is 0. The maximum atomic E-state index is 9.86. The first-order valence-corrected chi connectivity index (χ1v) is 8.56. The van der Waals surface area contributed by atoms with E-state index < -0.39 is 0 Å². The van der Waals surface area contributed by atoms with Gasteiger partial charge in [-0.25, -0.2) is 0 Å². The molecule has 1 aromatic carbocycles. The van der Waals surface area contributed by atoms with Crippen LogP contribution in [0.15, 0.2) is 34.9 Å². The number of nitrogens with one attached hydrogen (secondary N) is 1. The van der Waals surface area contributed by atoms with Gasteiger partial charge in [-0.1, -0.05) is 37.2 Å². The highest BCUT2D eigenvalue weighted by Crippen LogP contribution is 2.48. The second kappa shape index (κ2) is 6.95. The zero-order valence-electron chi connectivity index (χ0n) is 14.3. The summed E-state index contributed by atoms with van der Waals surface area (Å²) in [6.07, 6.45) is 2.51. The number of phenols is 1. The minimum atomic E-state index is 0.0852. The van der Waals surface area contributed by atoms with Gasteiger partial charge in [0.2, 0.25) is 0 Å². The lowest BCUT2D eigenvalue weighted by atomic mass is 9.57. The third-order valence-corrected chi connectivity index (χ3v) is 5.42. The lowest BCUT2D eigenvalue weighted by Crippen LogP contribution is -2.57. The van der Waals surface area contributed by atoms with E-state index in [0.717, 1.165) is 29.9 Å². The fraction of sp³-hybridized carbons (Fsp3) is 0.526. The Morgan fingerprint density at radius 2 is 2.12 bits per heavy atom. The summed E-state index contributed by atoms with van der Waals surface area (Å²) >= 11 is 0. The molecular weight excluding hydrogens is 304 g/mol. The lowest BCUT2D eigenvalue weighted by molar-refractivity contribution is 0.0124. The van der Waals surface area contributed by atoms with Gasteiger partial charge in [0.15, 0.2) is 0 Å². The molecule has 1 fully saturated rings. The molecule has 2 atom stereocenters. The van der Waals surface area contributed by atoms with Gasteiger partial charge in [-0.3, -0.25) is 0 Å². The molecule has 3 rings (SSSR count). The summed E-state index contributed by atoms with van der Waals surface area (Å²) in [4.78, 5) is 0. The smallest absolute Gasteiger partial charge is 0.139 e. The van der Waals surface area contributed by atoms with Gasteiger partial charge >= 0.3 is 0 Å². The number of aromatic hydroxyl groups is 1. The van der Waals surface area contributed by atoms with Crippen molar-refractivity contribution in [1.29, 1.82) is 0 Å². The average molecular weight is 330 g/mol. The first-order chi connectivity index (χ1) is 11.5. The lowest BCUT2D eigenvalue weighted by Gasteiger charge is -2.52. The summed E-state index contributed by atoms with van der Waals surface area (Å²) in [5.74, 6) is 1.64. The van der Waals surface area contributed by atoms with Crippen LogP contribution in [0.5, 0.6) is 5.75 Å². The molecule has 2 aromatic rings. The molecule has 0 saturated heterocycles. The summed E-state index contributed by atoms with van der Waals surface area (Å²) in [5.41, 5.74) is 2.07. The molecule has 1 aliphatic carbocycles. The first kappa shape index (κ1) is 17.0. The number of para-hydroxylation sites is 1. The molecule has 0 radical (unpaired) electrons. The Hall–Kier alpha value is -1.85. The molecule has 0 bridgehead atoms. The van der Waals surface area contributed by atoms with E-state index in [1.807, 2.05) is 24.3 Å². The average Bonchev–Trinajstić information content (AvgIpc) is 2.99. The number of rotatable bonds is 7. The molecule has 5 heteroatoms. The second-order valence-electron chi connectivity index (χ2n) is 7.28. The largest absolute Gasteiger partial charge is 0.508 e. The molecular formula is C19H26N2O3. The van der Waals surface area contributed by atoms with Crippen molar-refractivity contribution in [2.75, 3.05) is 6.61 Å². The molecule has 130 valence electrons. The number of phenolic OH excluding ortho intramolecular Hbond substituents is 1. The van der Waals surface area contributed by atoms with E-state index >= 15 is 0 Å². The monoisotopic (exact) mass is 330 g/mol. The van der Waals surface area contributed by atoms with Crippen LogP contribution in [0.2, 0.25) is 0 Å². The highest BCUT2D eigenvalue weighted by molar-refractivity contribution is 5.31. The van der Waals surface area contributed by atoms with E-state index in [9.17, 15) is 5.11 Å². The Morgan fingerprint density at radius 1 is 1.33 bits per heavy atom. The molecule has 0 aliphatic heterocycles. The van der Waals surface area contributed by atoms with Gasteiger partial charge < -0.3 is 20.1 Å². The molecule has 1 heterocycles. The van der Waals surface area contributed by atoms with Gasteiger partial charge in [-0.15, -0.1) is 0 Å². The van der Waals surface area contributed by atoms with Crippen LogP contribution in [-0.2, 0) is 19.4 Å². The minimum Gasteiger partial charge on any atom is -0.508 e.